The Hall–Kier alpha value is 0.350. The van der Waals surface area contributed by atoms with Crippen LogP contribution in [0.4, 0.5) is 0 Å². The molecule has 0 rings (SSSR count). The van der Waals surface area contributed by atoms with Crippen LogP contribution in [0, 0.1) is 0 Å². The van der Waals surface area contributed by atoms with E-state index in [4.69, 9.17) is 5.14 Å². The second-order valence-electron chi connectivity index (χ2n) is 0.841. The van der Waals surface area contributed by atoms with E-state index in [1.165, 1.54) is 0 Å². The van der Waals surface area contributed by atoms with Gasteiger partial charge in [0.2, 0.25) is 0 Å². The first-order valence-electron chi connectivity index (χ1n) is 1.59. The van der Waals surface area contributed by atoms with Gasteiger partial charge in [-0.25, -0.2) is 0 Å². The van der Waals surface area contributed by atoms with Crippen LogP contribution in [0.15, 0.2) is 11.5 Å². The Morgan fingerprint density at radius 3 is 2.33 bits per heavy atom. The first-order chi connectivity index (χ1) is 2.77. The van der Waals surface area contributed by atoms with Gasteiger partial charge in [-0.2, -0.15) is 0 Å². The van der Waals surface area contributed by atoms with Crippen LogP contribution in [0.3, 0.4) is 0 Å². The molecule has 0 radical (unpaired) electrons. The lowest BCUT2D eigenvalue weighted by Gasteiger charge is -1.79. The Labute approximate surface area is 42.6 Å². The van der Waals surface area contributed by atoms with Gasteiger partial charge in [-0.15, -0.1) is 0 Å². The van der Waals surface area contributed by atoms with Crippen molar-refractivity contribution in [3.05, 3.63) is 11.5 Å². The van der Waals surface area contributed by atoms with Crippen LogP contribution >= 0.6 is 8.02 Å². The van der Waals surface area contributed by atoms with E-state index >= 15 is 0 Å². The van der Waals surface area contributed by atoms with Gasteiger partial charge in [0.05, 0.1) is 0 Å². The SMILES string of the molecule is C/C=C/S(N)=P. The molecule has 1 nitrogen and oxygen atoms in total. The fourth-order valence-electron chi connectivity index (χ4n) is 0.147. The Kier molecular flexibility index (Phi) is 3.74. The van der Waals surface area contributed by atoms with Crippen LogP contribution in [0.5, 0.6) is 0 Å². The summed E-state index contributed by atoms with van der Waals surface area (Å²) in [4.78, 5) is 0. The summed E-state index contributed by atoms with van der Waals surface area (Å²) < 4.78 is 0. The van der Waals surface area contributed by atoms with Crippen molar-refractivity contribution in [3.63, 3.8) is 0 Å². The Bertz CT molecular complexity index is 78.9. The van der Waals surface area contributed by atoms with Crippen molar-refractivity contribution >= 4 is 18.3 Å². The Balaban J connectivity index is 3.30. The maximum absolute atomic E-state index is 5.26. The summed E-state index contributed by atoms with van der Waals surface area (Å²) in [5.74, 6) is 0. The van der Waals surface area contributed by atoms with Gasteiger partial charge in [0, 0.05) is 0 Å². The number of hydrogen-bond acceptors (Lipinski definition) is 0. The molecule has 0 spiro atoms. The number of nitrogens with two attached hydrogens (primary N) is 1. The third kappa shape index (κ3) is 4.35. The molecule has 0 aliphatic heterocycles. The molecule has 0 saturated heterocycles. The lowest BCUT2D eigenvalue weighted by atomic mass is 10.8. The molecule has 0 saturated carbocycles. The fraction of sp³-hybridized carbons (Fsp3) is 0.333. The zero-order valence-electron chi connectivity index (χ0n) is 3.64. The first kappa shape index (κ1) is 6.35. The number of rotatable bonds is 1. The summed E-state index contributed by atoms with van der Waals surface area (Å²) in [6.45, 7) is 1.94. The molecule has 0 bridgehead atoms. The Morgan fingerprint density at radius 1 is 1.83 bits per heavy atom. The van der Waals surface area contributed by atoms with Gasteiger partial charge in [0.25, 0.3) is 0 Å². The molecule has 3 heteroatoms. The van der Waals surface area contributed by atoms with Gasteiger partial charge in [-0.3, -0.25) is 5.14 Å². The van der Waals surface area contributed by atoms with Crippen LogP contribution in [-0.4, -0.2) is 0 Å². The van der Waals surface area contributed by atoms with Gasteiger partial charge in [-0.1, -0.05) is 24.4 Å². The van der Waals surface area contributed by atoms with Crippen LogP contribution in [0.2, 0.25) is 0 Å². The highest BCUT2D eigenvalue weighted by atomic mass is 32.5. The van der Waals surface area contributed by atoms with Gasteiger partial charge in [-0.05, 0) is 12.3 Å². The van der Waals surface area contributed by atoms with Crippen molar-refractivity contribution < 1.29 is 0 Å². The smallest absolute Gasteiger partial charge is 0.0213 e. The summed E-state index contributed by atoms with van der Waals surface area (Å²) >= 11 is 0. The highest BCUT2D eigenvalue weighted by Gasteiger charge is 1.61. The molecule has 0 aromatic heterocycles. The summed E-state index contributed by atoms with van der Waals surface area (Å²) in [6, 6.07) is 0. The molecule has 0 aliphatic rings. The largest absolute Gasteiger partial charge is 0.277 e. The molecule has 0 amide bonds. The molecule has 2 N–H and O–H groups in total. The molecule has 1 atom stereocenters. The molecule has 36 valence electrons. The van der Waals surface area contributed by atoms with E-state index in [2.05, 4.69) is 8.02 Å². The summed E-state index contributed by atoms with van der Waals surface area (Å²) in [5.41, 5.74) is 0. The Morgan fingerprint density at radius 2 is 2.33 bits per heavy atom. The van der Waals surface area contributed by atoms with Gasteiger partial charge >= 0.3 is 0 Å². The van der Waals surface area contributed by atoms with E-state index in [9.17, 15) is 0 Å². The van der Waals surface area contributed by atoms with Crippen LogP contribution in [0.25, 0.3) is 0 Å². The second-order valence-corrected chi connectivity index (χ2v) is 3.27. The van der Waals surface area contributed by atoms with E-state index in [-0.39, 0.29) is 10.3 Å². The highest BCUT2D eigenvalue weighted by molar-refractivity contribution is 8.16. The predicted octanol–water partition coefficient (Wildman–Crippen LogP) is 1.07. The van der Waals surface area contributed by atoms with E-state index < -0.39 is 0 Å². The van der Waals surface area contributed by atoms with Crippen molar-refractivity contribution in [2.24, 2.45) is 5.14 Å². The molecule has 1 unspecified atom stereocenters. The molecular formula is C3H8NPS. The zero-order chi connectivity index (χ0) is 4.99. The molecular weight excluding hydrogens is 113 g/mol. The molecule has 0 aromatic carbocycles. The van der Waals surface area contributed by atoms with Crippen LogP contribution in [-0.2, 0) is 10.3 Å². The summed E-state index contributed by atoms with van der Waals surface area (Å²) in [7, 11) is 3.01. The second kappa shape index (κ2) is 3.54. The average molecular weight is 121 g/mol. The maximum Gasteiger partial charge on any atom is -0.0213 e. The van der Waals surface area contributed by atoms with Crippen molar-refractivity contribution in [1.82, 2.24) is 0 Å². The zero-order valence-corrected chi connectivity index (χ0v) is 5.46. The third-order valence-corrected chi connectivity index (χ3v) is 1.26. The van der Waals surface area contributed by atoms with E-state index in [0.717, 1.165) is 0 Å². The normalized spacial score (nSPS) is 15.7. The van der Waals surface area contributed by atoms with E-state index in [0.29, 0.717) is 0 Å². The van der Waals surface area contributed by atoms with Crippen LogP contribution in [0.1, 0.15) is 6.92 Å². The van der Waals surface area contributed by atoms with Gasteiger partial charge < -0.3 is 0 Å². The fourth-order valence-corrected chi connectivity index (χ4v) is 0.848. The lowest BCUT2D eigenvalue weighted by molar-refractivity contribution is 1.78. The minimum Gasteiger partial charge on any atom is -0.277 e. The van der Waals surface area contributed by atoms with Gasteiger partial charge in [0.1, 0.15) is 0 Å². The summed E-state index contributed by atoms with van der Waals surface area (Å²) in [5, 5.41) is 7.14. The van der Waals surface area contributed by atoms with Crippen molar-refractivity contribution in [1.29, 1.82) is 0 Å². The summed E-state index contributed by atoms with van der Waals surface area (Å²) in [6.07, 6.45) is 1.91. The van der Waals surface area contributed by atoms with E-state index in [1.807, 2.05) is 18.4 Å². The minimum absolute atomic E-state index is 0.191. The molecule has 0 fully saturated rings. The monoisotopic (exact) mass is 121 g/mol. The average Bonchev–Trinajstić information content (AvgIpc) is 1.35. The number of hydrogen-bond donors (Lipinski definition) is 1. The topological polar surface area (TPSA) is 26.0 Å². The molecule has 0 heterocycles. The van der Waals surface area contributed by atoms with E-state index in [1.54, 1.807) is 0 Å². The standard InChI is InChI=1S/C3H8NPS/c1-2-3-6(4)5/h2-3,5H,4H2,1H3/b3-2+. The molecule has 0 aliphatic carbocycles. The maximum atomic E-state index is 5.26. The van der Waals surface area contributed by atoms with Crippen molar-refractivity contribution in [2.45, 2.75) is 6.92 Å². The molecule has 0 aromatic rings. The minimum atomic E-state index is -0.191. The first-order valence-corrected chi connectivity index (χ1v) is 4.16. The third-order valence-electron chi connectivity index (χ3n) is 0.283. The number of allylic oxidation sites excluding steroid dienone is 1. The quantitative estimate of drug-likeness (QED) is 0.516. The van der Waals surface area contributed by atoms with Gasteiger partial charge in [0.15, 0.2) is 0 Å². The predicted molar refractivity (Wildman–Crippen MR) is 34.7 cm³/mol. The lowest BCUT2D eigenvalue weighted by Crippen LogP contribution is -1.90. The van der Waals surface area contributed by atoms with Crippen molar-refractivity contribution in [3.8, 4) is 0 Å². The van der Waals surface area contributed by atoms with Crippen LogP contribution < -0.4 is 5.14 Å². The molecule has 6 heavy (non-hydrogen) atoms. The highest BCUT2D eigenvalue weighted by Crippen LogP contribution is 1.78. The van der Waals surface area contributed by atoms with Crippen molar-refractivity contribution in [2.75, 3.05) is 0 Å².